The van der Waals surface area contributed by atoms with E-state index >= 15 is 0 Å². The molecule has 0 aliphatic rings. The van der Waals surface area contributed by atoms with Gasteiger partial charge in [-0.2, -0.15) is 0 Å². The van der Waals surface area contributed by atoms with E-state index in [9.17, 15) is 25.5 Å². The fraction of sp³-hybridized carbons (Fsp3) is 0.357. The van der Waals surface area contributed by atoms with Crippen LogP contribution in [0.4, 0.5) is 0 Å². The van der Waals surface area contributed by atoms with Gasteiger partial charge in [-0.15, -0.1) is 0 Å². The average Bonchev–Trinajstić information content (AvgIpc) is 0.810. The normalized spacial score (nSPS) is 8.48. The zero-order valence-corrected chi connectivity index (χ0v) is 83.8. The molecule has 0 unspecified atom stereocenters. The lowest BCUT2D eigenvalue weighted by atomic mass is 9.87. The monoisotopic (exact) mass is 1690 g/mol. The van der Waals surface area contributed by atoms with Crippen LogP contribution in [0.1, 0.15) is 270 Å². The summed E-state index contributed by atoms with van der Waals surface area (Å²) in [6, 6.07) is 80.1. The molecular formula is C112H172O11. The molecule has 14 aromatic rings. The Morgan fingerprint density at radius 3 is 0.748 bits per heavy atom. The lowest BCUT2D eigenvalue weighted by molar-refractivity contribution is 0.466. The SMILES string of the molecule is CC.CC.CC.CC.CC.CC.CC.CC.CC.CC.CC.CC.CC.CC.CC.CC.CC(C)(C)c1ccc(O)cc1.Cc1cc(C)c(O)c(C)c1.Cc1cc2c(O)cccc2cc1O.Oc1ccc2c(O)cccc2c1.Oc1ccc2ccc(O)cc2c1.Oc1ccc2ccccc2c1.Oc1ccc2ccccc2c1.Oc1cccc2ccccc12. The Hall–Kier alpha value is -11.6. The molecule has 11 nitrogen and oxygen atoms in total. The molecule has 0 bridgehead atoms. The second-order valence-electron chi connectivity index (χ2n) is 22.6. The Morgan fingerprint density at radius 1 is 0.171 bits per heavy atom. The van der Waals surface area contributed by atoms with Crippen molar-refractivity contribution in [1.82, 2.24) is 0 Å². The first-order valence-electron chi connectivity index (χ1n) is 45.2. The van der Waals surface area contributed by atoms with Gasteiger partial charge < -0.3 is 56.2 Å². The molecule has 123 heavy (non-hydrogen) atoms. The second kappa shape index (κ2) is 88.2. The number of hydrogen-bond acceptors (Lipinski definition) is 11. The van der Waals surface area contributed by atoms with E-state index in [1.165, 1.54) is 11.1 Å². The summed E-state index contributed by atoms with van der Waals surface area (Å²) in [5.74, 6) is 3.15. The molecule has 0 aliphatic heterocycles. The highest BCUT2D eigenvalue weighted by Gasteiger charge is 2.12. The smallest absolute Gasteiger partial charge is 0.123 e. The molecular weight excluding hydrogens is 1520 g/mol. The molecule has 0 saturated carbocycles. The van der Waals surface area contributed by atoms with E-state index in [4.69, 9.17) is 30.6 Å². The largest absolute Gasteiger partial charge is 0.508 e. The van der Waals surface area contributed by atoms with Crippen LogP contribution in [0.15, 0.2) is 267 Å². The van der Waals surface area contributed by atoms with Crippen LogP contribution >= 0.6 is 0 Å². The number of phenolic OH excluding ortho intramolecular Hbond substituents is 11. The van der Waals surface area contributed by atoms with Gasteiger partial charge in [-0.1, -0.05) is 406 Å². The van der Waals surface area contributed by atoms with Gasteiger partial charge in [0.25, 0.3) is 0 Å². The van der Waals surface area contributed by atoms with Gasteiger partial charge in [0.15, 0.2) is 0 Å². The Labute approximate surface area is 749 Å². The highest BCUT2D eigenvalue weighted by molar-refractivity contribution is 5.91. The Kier molecular flexibility index (Phi) is 94.8. The molecule has 14 rings (SSSR count). The van der Waals surface area contributed by atoms with Crippen LogP contribution in [0, 0.1) is 27.7 Å². The van der Waals surface area contributed by atoms with Crippen LogP contribution in [0.25, 0.3) is 64.6 Å². The molecule has 0 fully saturated rings. The summed E-state index contributed by atoms with van der Waals surface area (Å²) in [7, 11) is 0. The van der Waals surface area contributed by atoms with Gasteiger partial charge in [0.1, 0.15) is 63.2 Å². The van der Waals surface area contributed by atoms with E-state index in [-0.39, 0.29) is 39.9 Å². The number of rotatable bonds is 0. The Bertz CT molecular complexity index is 4550. The molecule has 11 N–H and O–H groups in total. The number of aromatic hydroxyl groups is 11. The molecule has 0 saturated heterocycles. The van der Waals surface area contributed by atoms with Gasteiger partial charge in [0.05, 0.1) is 0 Å². The number of hydrogen-bond donors (Lipinski definition) is 11. The van der Waals surface area contributed by atoms with E-state index in [0.717, 1.165) is 81.3 Å². The van der Waals surface area contributed by atoms with Crippen molar-refractivity contribution < 1.29 is 56.2 Å². The summed E-state index contributed by atoms with van der Waals surface area (Å²) in [6.45, 7) is 78.1. The van der Waals surface area contributed by atoms with E-state index in [0.29, 0.717) is 28.7 Å². The third kappa shape index (κ3) is 55.9. The number of aryl methyl sites for hydroxylation is 4. The lowest BCUT2D eigenvalue weighted by Gasteiger charge is -2.18. The van der Waals surface area contributed by atoms with Crippen LogP contribution in [0.3, 0.4) is 0 Å². The number of benzene rings is 14. The molecule has 0 spiro atoms. The van der Waals surface area contributed by atoms with Crippen LogP contribution in [0.5, 0.6) is 63.2 Å². The quantitative estimate of drug-likeness (QED) is 0.0685. The molecule has 11 heteroatoms. The summed E-state index contributed by atoms with van der Waals surface area (Å²) < 4.78 is 0. The predicted octanol–water partition coefficient (Wildman–Crippen LogP) is 36.1. The first kappa shape index (κ1) is 132. The van der Waals surface area contributed by atoms with Gasteiger partial charge in [-0.3, -0.25) is 0 Å². The fourth-order valence-corrected chi connectivity index (χ4v) is 9.58. The van der Waals surface area contributed by atoms with Crippen molar-refractivity contribution in [2.45, 2.75) is 275 Å². The topological polar surface area (TPSA) is 223 Å². The van der Waals surface area contributed by atoms with E-state index in [2.05, 4.69) is 20.8 Å². The van der Waals surface area contributed by atoms with Gasteiger partial charge in [0.2, 0.25) is 0 Å². The average molecular weight is 1690 g/mol. The third-order valence-corrected chi connectivity index (χ3v) is 14.4. The molecule has 0 amide bonds. The second-order valence-corrected chi connectivity index (χ2v) is 22.6. The zero-order valence-electron chi connectivity index (χ0n) is 83.8. The van der Waals surface area contributed by atoms with E-state index in [1.54, 1.807) is 128 Å². The van der Waals surface area contributed by atoms with Crippen LogP contribution in [-0.4, -0.2) is 56.2 Å². The van der Waals surface area contributed by atoms with Crippen molar-refractivity contribution in [3.05, 3.63) is 295 Å². The van der Waals surface area contributed by atoms with Crippen LogP contribution < -0.4 is 0 Å². The predicted molar refractivity (Wildman–Crippen MR) is 554 cm³/mol. The zero-order chi connectivity index (χ0) is 97.8. The van der Waals surface area contributed by atoms with Gasteiger partial charge >= 0.3 is 0 Å². The summed E-state index contributed by atoms with van der Waals surface area (Å²) in [6.07, 6.45) is 0. The van der Waals surface area contributed by atoms with Crippen molar-refractivity contribution in [3.63, 3.8) is 0 Å². The summed E-state index contributed by atoms with van der Waals surface area (Å²) in [5.41, 5.74) is 5.31. The standard InChI is InChI=1S/C11H10O2.2C10H8O2.3C10H8O.C10H14O.C9H12O.16C2H6/c1-7-5-9-8(6-11(7)13)3-2-4-10(9)12;11-9-3-1-7-2-4-10(12)6-8(7)5-9;11-8-4-5-9-7(6-8)2-1-3-10(9)12;11-10-7-3-5-8-4-1-2-6-9(8)10;2*11-10-6-5-8-3-1-2-4-9(8)7-10;1-10(2,3)8-4-6-9(11)7-5-8;1-6-4-7(2)9(10)8(3)5-6;16*1-2/h2-6,12-13H,1H3;2*1-6,11-12H;3*1-7,11H;4-7,11H,1-3H3;4-5,10H,1-3H3;16*1-2H3. The maximum Gasteiger partial charge on any atom is 0.123 e. The maximum absolute atomic E-state index is 9.50. The fourth-order valence-electron chi connectivity index (χ4n) is 9.58. The highest BCUT2D eigenvalue weighted by atomic mass is 16.3. The van der Waals surface area contributed by atoms with Crippen LogP contribution in [0.2, 0.25) is 0 Å². The van der Waals surface area contributed by atoms with Crippen molar-refractivity contribution in [3.8, 4) is 63.2 Å². The lowest BCUT2D eigenvalue weighted by Crippen LogP contribution is -2.10. The summed E-state index contributed by atoms with van der Waals surface area (Å²) in [4.78, 5) is 0. The highest BCUT2D eigenvalue weighted by Crippen LogP contribution is 2.32. The molecule has 686 valence electrons. The molecule has 0 radical (unpaired) electrons. The molecule has 0 aromatic heterocycles. The first-order valence-corrected chi connectivity index (χ1v) is 45.2. The number of phenols is 11. The summed E-state index contributed by atoms with van der Waals surface area (Å²) in [5, 5.41) is 113. The minimum absolute atomic E-state index is 0.174. The van der Waals surface area contributed by atoms with Crippen molar-refractivity contribution in [2.24, 2.45) is 0 Å². The number of fused-ring (bicyclic) bond motifs is 6. The molecule has 0 heterocycles. The molecule has 0 aliphatic carbocycles. The van der Waals surface area contributed by atoms with Gasteiger partial charge in [-0.05, 0) is 213 Å². The Balaban J connectivity index is -0.000000142. The Morgan fingerprint density at radius 2 is 0.415 bits per heavy atom. The molecule has 0 atom stereocenters. The van der Waals surface area contributed by atoms with Gasteiger partial charge in [-0.25, -0.2) is 0 Å². The summed E-state index contributed by atoms with van der Waals surface area (Å²) >= 11 is 0. The minimum atomic E-state index is 0.174. The minimum Gasteiger partial charge on any atom is -0.508 e. The maximum atomic E-state index is 9.50. The van der Waals surface area contributed by atoms with Gasteiger partial charge in [0, 0.05) is 16.2 Å². The van der Waals surface area contributed by atoms with Crippen molar-refractivity contribution in [2.75, 3.05) is 0 Å². The third-order valence-electron chi connectivity index (χ3n) is 14.4. The van der Waals surface area contributed by atoms with Crippen LogP contribution in [-0.2, 0) is 5.41 Å². The van der Waals surface area contributed by atoms with Crippen molar-refractivity contribution in [1.29, 1.82) is 0 Å². The molecule has 14 aromatic carbocycles. The first-order chi connectivity index (χ1) is 59.4. The van der Waals surface area contributed by atoms with E-state index < -0.39 is 0 Å². The van der Waals surface area contributed by atoms with E-state index in [1.807, 2.05) is 388 Å². The van der Waals surface area contributed by atoms with Crippen molar-refractivity contribution >= 4 is 64.6 Å².